The number of anilines is 1. The smallest absolute Gasteiger partial charge is 0.148 e. The summed E-state index contributed by atoms with van der Waals surface area (Å²) in [5.41, 5.74) is 8.58. The molecule has 0 saturated carbocycles. The van der Waals surface area contributed by atoms with Crippen molar-refractivity contribution in [2.24, 2.45) is 0 Å². The molecule has 3 rings (SSSR count). The summed E-state index contributed by atoms with van der Waals surface area (Å²) in [7, 11) is 0. The van der Waals surface area contributed by atoms with Gasteiger partial charge in [0.15, 0.2) is 0 Å². The minimum atomic E-state index is 0.541. The topological polar surface area (TPSA) is 55.9 Å². The highest BCUT2D eigenvalue weighted by Crippen LogP contribution is 2.30. The van der Waals surface area contributed by atoms with Gasteiger partial charge in [-0.3, -0.25) is 4.68 Å². The van der Waals surface area contributed by atoms with Gasteiger partial charge in [0.05, 0.1) is 11.7 Å². The van der Waals surface area contributed by atoms with Gasteiger partial charge in [-0.25, -0.2) is 0 Å². The molecule has 0 bridgehead atoms. The normalized spacial score (nSPS) is 21.7. The van der Waals surface area contributed by atoms with E-state index in [1.54, 1.807) is 0 Å². The number of thioether (sulfide) groups is 1. The number of nitrogens with zero attached hydrogens (tertiary/aromatic N) is 2. The van der Waals surface area contributed by atoms with Crippen LogP contribution in [0.2, 0.25) is 0 Å². The van der Waals surface area contributed by atoms with E-state index in [0.717, 1.165) is 31.1 Å². The van der Waals surface area contributed by atoms with E-state index in [9.17, 15) is 0 Å². The Morgan fingerprint density at radius 1 is 1.50 bits per heavy atom. The summed E-state index contributed by atoms with van der Waals surface area (Å²) in [6.45, 7) is 2.08. The Morgan fingerprint density at radius 3 is 3.07 bits per heavy atom. The first-order chi connectivity index (χ1) is 6.86. The third kappa shape index (κ3) is 1.15. The Balaban J connectivity index is 2.02. The maximum Gasteiger partial charge on any atom is 0.148 e. The standard InChI is InChI=1S/C9H14N4S/c10-9-7-1-2-14-5-8(7)13(12-9)6-3-11-4-6/h6,11H,1-5H2,(H2,10,12). The zero-order chi connectivity index (χ0) is 9.54. The zero-order valence-electron chi connectivity index (χ0n) is 7.99. The molecule has 1 fully saturated rings. The van der Waals surface area contributed by atoms with Crippen molar-refractivity contribution in [3.05, 3.63) is 11.3 Å². The number of rotatable bonds is 1. The molecule has 0 atom stereocenters. The van der Waals surface area contributed by atoms with Crippen molar-refractivity contribution in [1.29, 1.82) is 0 Å². The lowest BCUT2D eigenvalue weighted by Gasteiger charge is -2.29. The highest BCUT2D eigenvalue weighted by molar-refractivity contribution is 7.98. The molecule has 3 N–H and O–H groups in total. The van der Waals surface area contributed by atoms with E-state index < -0.39 is 0 Å². The molecule has 1 saturated heterocycles. The largest absolute Gasteiger partial charge is 0.382 e. The molecule has 0 aromatic carbocycles. The summed E-state index contributed by atoms with van der Waals surface area (Å²) in [6.07, 6.45) is 1.09. The van der Waals surface area contributed by atoms with Gasteiger partial charge in [-0.05, 0) is 12.2 Å². The average Bonchev–Trinajstić information content (AvgIpc) is 2.43. The Morgan fingerprint density at radius 2 is 2.36 bits per heavy atom. The molecule has 1 aromatic rings. The number of hydrogen-bond acceptors (Lipinski definition) is 4. The summed E-state index contributed by atoms with van der Waals surface area (Å²) >= 11 is 1.98. The van der Waals surface area contributed by atoms with Crippen LogP contribution in [-0.2, 0) is 12.2 Å². The van der Waals surface area contributed by atoms with Crippen LogP contribution in [0.5, 0.6) is 0 Å². The van der Waals surface area contributed by atoms with Gasteiger partial charge in [0.25, 0.3) is 0 Å². The van der Waals surface area contributed by atoms with Crippen LogP contribution in [0.15, 0.2) is 0 Å². The van der Waals surface area contributed by atoms with Crippen molar-refractivity contribution >= 4 is 17.6 Å². The Kier molecular flexibility index (Phi) is 1.95. The molecule has 0 aliphatic carbocycles. The van der Waals surface area contributed by atoms with E-state index in [0.29, 0.717) is 6.04 Å². The Bertz CT molecular complexity index is 356. The van der Waals surface area contributed by atoms with E-state index in [2.05, 4.69) is 15.1 Å². The lowest BCUT2D eigenvalue weighted by molar-refractivity contribution is 0.313. The number of fused-ring (bicyclic) bond motifs is 1. The fourth-order valence-electron chi connectivity index (χ4n) is 2.04. The summed E-state index contributed by atoms with van der Waals surface area (Å²) < 4.78 is 2.15. The fourth-order valence-corrected chi connectivity index (χ4v) is 3.03. The van der Waals surface area contributed by atoms with Gasteiger partial charge in [-0.15, -0.1) is 0 Å². The fraction of sp³-hybridized carbons (Fsp3) is 0.667. The van der Waals surface area contributed by atoms with E-state index in [1.165, 1.54) is 17.0 Å². The first-order valence-corrected chi connectivity index (χ1v) is 6.16. The average molecular weight is 210 g/mol. The van der Waals surface area contributed by atoms with E-state index in [-0.39, 0.29) is 0 Å². The van der Waals surface area contributed by atoms with Crippen LogP contribution < -0.4 is 11.1 Å². The second kappa shape index (κ2) is 3.17. The molecule has 3 heterocycles. The van der Waals surface area contributed by atoms with Crippen molar-refractivity contribution in [1.82, 2.24) is 15.1 Å². The first kappa shape index (κ1) is 8.61. The number of hydrogen-bond donors (Lipinski definition) is 2. The molecule has 4 nitrogen and oxygen atoms in total. The van der Waals surface area contributed by atoms with Crippen molar-refractivity contribution < 1.29 is 0 Å². The van der Waals surface area contributed by atoms with Gasteiger partial charge < -0.3 is 11.1 Å². The minimum absolute atomic E-state index is 0.541. The van der Waals surface area contributed by atoms with Crippen LogP contribution in [0.25, 0.3) is 0 Å². The van der Waals surface area contributed by atoms with Gasteiger partial charge in [-0.1, -0.05) is 0 Å². The predicted molar refractivity (Wildman–Crippen MR) is 58.4 cm³/mol. The number of nitrogens with one attached hydrogen (secondary N) is 1. The zero-order valence-corrected chi connectivity index (χ0v) is 8.81. The molecule has 0 unspecified atom stereocenters. The molecular formula is C9H14N4S. The first-order valence-electron chi connectivity index (χ1n) is 5.00. The van der Waals surface area contributed by atoms with Crippen LogP contribution in [0.3, 0.4) is 0 Å². The lowest BCUT2D eigenvalue weighted by atomic mass is 10.1. The Labute approximate surface area is 87.2 Å². The van der Waals surface area contributed by atoms with Gasteiger partial charge in [0, 0.05) is 24.4 Å². The molecule has 76 valence electrons. The van der Waals surface area contributed by atoms with Crippen molar-refractivity contribution in [3.63, 3.8) is 0 Å². The monoisotopic (exact) mass is 210 g/mol. The molecule has 0 spiro atoms. The van der Waals surface area contributed by atoms with E-state index in [4.69, 9.17) is 5.73 Å². The summed E-state index contributed by atoms with van der Waals surface area (Å²) in [6, 6.07) is 0.541. The van der Waals surface area contributed by atoms with Crippen LogP contribution in [0.4, 0.5) is 5.82 Å². The predicted octanol–water partition coefficient (Wildman–Crippen LogP) is 0.399. The third-order valence-electron chi connectivity index (χ3n) is 2.99. The highest BCUT2D eigenvalue weighted by atomic mass is 32.2. The minimum Gasteiger partial charge on any atom is -0.382 e. The summed E-state index contributed by atoms with van der Waals surface area (Å²) in [5, 5.41) is 7.72. The second-order valence-electron chi connectivity index (χ2n) is 3.87. The molecular weight excluding hydrogens is 196 g/mol. The van der Waals surface area contributed by atoms with Crippen molar-refractivity contribution in [2.45, 2.75) is 18.2 Å². The van der Waals surface area contributed by atoms with E-state index in [1.807, 2.05) is 11.8 Å². The van der Waals surface area contributed by atoms with Crippen molar-refractivity contribution in [3.8, 4) is 0 Å². The maximum absolute atomic E-state index is 5.92. The number of aromatic nitrogens is 2. The molecule has 2 aliphatic heterocycles. The van der Waals surface area contributed by atoms with Gasteiger partial charge in [-0.2, -0.15) is 16.9 Å². The number of nitrogen functional groups attached to an aromatic ring is 1. The van der Waals surface area contributed by atoms with Crippen LogP contribution in [0, 0.1) is 0 Å². The highest BCUT2D eigenvalue weighted by Gasteiger charge is 2.27. The maximum atomic E-state index is 5.92. The van der Waals surface area contributed by atoms with Crippen LogP contribution >= 0.6 is 11.8 Å². The molecule has 1 aromatic heterocycles. The number of nitrogens with two attached hydrogens (primary N) is 1. The third-order valence-corrected chi connectivity index (χ3v) is 3.96. The summed E-state index contributed by atoms with van der Waals surface area (Å²) in [4.78, 5) is 0. The molecule has 0 amide bonds. The van der Waals surface area contributed by atoms with Crippen LogP contribution in [0.1, 0.15) is 17.3 Å². The SMILES string of the molecule is Nc1nn(C2CNC2)c2c1CCSC2. The van der Waals surface area contributed by atoms with Gasteiger partial charge in [0.1, 0.15) is 5.82 Å². The lowest BCUT2D eigenvalue weighted by Crippen LogP contribution is -2.44. The molecule has 5 heteroatoms. The van der Waals surface area contributed by atoms with Crippen LogP contribution in [-0.4, -0.2) is 28.6 Å². The second-order valence-corrected chi connectivity index (χ2v) is 4.97. The van der Waals surface area contributed by atoms with Crippen molar-refractivity contribution in [2.75, 3.05) is 24.6 Å². The van der Waals surface area contributed by atoms with Gasteiger partial charge >= 0.3 is 0 Å². The Hall–Kier alpha value is -0.680. The summed E-state index contributed by atoms with van der Waals surface area (Å²) in [5.74, 6) is 3.02. The van der Waals surface area contributed by atoms with Gasteiger partial charge in [0.2, 0.25) is 0 Å². The molecule has 14 heavy (non-hydrogen) atoms. The molecule has 0 radical (unpaired) electrons. The van der Waals surface area contributed by atoms with E-state index >= 15 is 0 Å². The quantitative estimate of drug-likeness (QED) is 0.704. The molecule has 2 aliphatic rings.